The molecule has 3 amide bonds. The van der Waals surface area contributed by atoms with Gasteiger partial charge in [-0.2, -0.15) is 13.2 Å². The molecule has 3 aliphatic heterocycles. The lowest BCUT2D eigenvalue weighted by molar-refractivity contribution is -0.138. The Labute approximate surface area is 272 Å². The van der Waals surface area contributed by atoms with Crippen molar-refractivity contribution in [2.75, 3.05) is 6.54 Å². The van der Waals surface area contributed by atoms with Crippen molar-refractivity contribution in [3.8, 4) is 0 Å². The van der Waals surface area contributed by atoms with Gasteiger partial charge in [0.25, 0.3) is 11.8 Å². The molecule has 1 fully saturated rings. The van der Waals surface area contributed by atoms with Gasteiger partial charge in [0, 0.05) is 23.7 Å². The van der Waals surface area contributed by atoms with Gasteiger partial charge in [-0.05, 0) is 70.4 Å². The van der Waals surface area contributed by atoms with E-state index in [0.29, 0.717) is 16.5 Å². The Kier molecular flexibility index (Phi) is 9.04. The third-order valence-corrected chi connectivity index (χ3v) is 8.64. The summed E-state index contributed by atoms with van der Waals surface area (Å²) in [6.07, 6.45) is -5.57. The number of carbonyl (C=O) groups excluding carboxylic acids is 3. The Morgan fingerprint density at radius 3 is 2.17 bits per heavy atom. The first-order chi connectivity index (χ1) is 22.8. The van der Waals surface area contributed by atoms with Crippen molar-refractivity contribution in [2.45, 2.75) is 50.4 Å². The number of nitrogens with one attached hydrogen (secondary N) is 2. The van der Waals surface area contributed by atoms with Crippen LogP contribution in [0.1, 0.15) is 61.9 Å². The molecule has 5 N–H and O–H groups in total. The van der Waals surface area contributed by atoms with Crippen molar-refractivity contribution in [1.29, 1.82) is 0 Å². The van der Waals surface area contributed by atoms with Crippen LogP contribution in [-0.2, 0) is 38.3 Å². The van der Waals surface area contributed by atoms with E-state index in [1.807, 2.05) is 0 Å². The molecule has 0 aromatic heterocycles. The third kappa shape index (κ3) is 6.80. The van der Waals surface area contributed by atoms with E-state index in [1.54, 1.807) is 18.2 Å². The third-order valence-electron chi connectivity index (χ3n) is 8.64. The zero-order chi connectivity index (χ0) is 34.3. The van der Waals surface area contributed by atoms with E-state index >= 15 is 0 Å². The lowest BCUT2D eigenvalue weighted by Crippen LogP contribution is -2.47. The molecule has 0 bridgehead atoms. The Morgan fingerprint density at radius 1 is 0.917 bits per heavy atom. The molecule has 12 nitrogen and oxygen atoms in total. The van der Waals surface area contributed by atoms with Gasteiger partial charge < -0.3 is 40.0 Å². The summed E-state index contributed by atoms with van der Waals surface area (Å²) in [5, 5.41) is 35.1. The molecule has 248 valence electrons. The van der Waals surface area contributed by atoms with Gasteiger partial charge in [-0.25, -0.2) is 0 Å². The van der Waals surface area contributed by atoms with Crippen LogP contribution in [0.2, 0.25) is 0 Å². The minimum Gasteiger partial charge on any atom is -0.481 e. The van der Waals surface area contributed by atoms with Gasteiger partial charge in [-0.3, -0.25) is 19.2 Å². The summed E-state index contributed by atoms with van der Waals surface area (Å²) < 4.78 is 50.7. The number of carboxylic acid groups (broad SMARTS) is 1. The van der Waals surface area contributed by atoms with Gasteiger partial charge in [0.1, 0.15) is 6.04 Å². The Hall–Kier alpha value is -4.70. The predicted octanol–water partition coefficient (Wildman–Crippen LogP) is 0.486. The van der Waals surface area contributed by atoms with E-state index in [2.05, 4.69) is 10.6 Å². The van der Waals surface area contributed by atoms with Crippen LogP contribution < -0.4 is 21.6 Å². The van der Waals surface area contributed by atoms with Crippen LogP contribution in [0.15, 0.2) is 60.7 Å². The van der Waals surface area contributed by atoms with Crippen LogP contribution in [0.5, 0.6) is 0 Å². The number of carbonyl (C=O) groups is 4. The first kappa shape index (κ1) is 33.2. The molecule has 3 aromatic carbocycles. The minimum absolute atomic E-state index is 0.100. The number of aliphatic carboxylic acids is 1. The predicted molar refractivity (Wildman–Crippen MR) is 163 cm³/mol. The van der Waals surface area contributed by atoms with Gasteiger partial charge in [-0.1, -0.05) is 24.3 Å². The summed E-state index contributed by atoms with van der Waals surface area (Å²) in [6.45, 7) is 0.174. The highest BCUT2D eigenvalue weighted by Crippen LogP contribution is 2.32. The number of halogens is 3. The highest BCUT2D eigenvalue weighted by Gasteiger charge is 2.42. The fourth-order valence-corrected chi connectivity index (χ4v) is 6.18. The van der Waals surface area contributed by atoms with Gasteiger partial charge in [0.05, 0.1) is 31.2 Å². The molecule has 3 aromatic rings. The maximum Gasteiger partial charge on any atom is 0.491 e. The molecule has 48 heavy (non-hydrogen) atoms. The number of likely N-dealkylation sites (tertiary alicyclic amines) is 1. The van der Waals surface area contributed by atoms with Crippen molar-refractivity contribution in [3.05, 3.63) is 94.0 Å². The number of fused-ring (bicyclic) bond motifs is 2. The lowest BCUT2D eigenvalue weighted by Gasteiger charge is -2.26. The van der Waals surface area contributed by atoms with Gasteiger partial charge in [0.2, 0.25) is 5.91 Å². The molecule has 17 heteroatoms. The fourth-order valence-electron chi connectivity index (χ4n) is 6.18. The SMILES string of the molecule is O=C(O)CC(NC(=O)[C@@H]1C[C@@H](NC(=O)c2ccc3c(c2)B(O)OC3)CN1C(=O)c1ccc2c(c1)B(O)OC2)c1cccc(C(F)(F)F)c1. The Balaban J connectivity index is 1.27. The smallest absolute Gasteiger partial charge is 0.481 e. The summed E-state index contributed by atoms with van der Waals surface area (Å²) in [5.74, 6) is -3.42. The second-order valence-corrected chi connectivity index (χ2v) is 11.8. The summed E-state index contributed by atoms with van der Waals surface area (Å²) >= 11 is 0. The maximum absolute atomic E-state index is 13.9. The van der Waals surface area contributed by atoms with Crippen molar-refractivity contribution < 1.29 is 56.8 Å². The molecule has 0 saturated carbocycles. The van der Waals surface area contributed by atoms with E-state index < -0.39 is 74.2 Å². The summed E-state index contributed by atoms with van der Waals surface area (Å²) in [6, 6.07) is 9.72. The largest absolute Gasteiger partial charge is 0.491 e. The molecule has 3 aliphatic rings. The van der Waals surface area contributed by atoms with E-state index in [9.17, 15) is 47.5 Å². The first-order valence-electron chi connectivity index (χ1n) is 14.9. The average molecular weight is 665 g/mol. The number of alkyl halides is 3. The number of benzene rings is 3. The van der Waals surface area contributed by atoms with Crippen LogP contribution >= 0.6 is 0 Å². The van der Waals surface area contributed by atoms with Gasteiger partial charge in [0.15, 0.2) is 0 Å². The highest BCUT2D eigenvalue weighted by molar-refractivity contribution is 6.62. The molecule has 3 atom stereocenters. The second-order valence-electron chi connectivity index (χ2n) is 11.8. The number of carboxylic acids is 1. The van der Waals surface area contributed by atoms with E-state index in [1.165, 1.54) is 29.2 Å². The highest BCUT2D eigenvalue weighted by atomic mass is 19.4. The van der Waals surface area contributed by atoms with Crippen LogP contribution in [0.4, 0.5) is 13.2 Å². The standard InChI is InChI=1S/C31H28B2F3N3O9/c34-31(35,36)21-3-1-2-16(8-21)25(12-27(40)41)38-29(43)26-11-22(37-28(42)17-4-6-19-14-47-32(45)23(19)9-17)13-39(26)30(44)18-5-7-20-15-48-33(46)24(20)10-18/h1-10,22,25-26,45-46H,11-15H2,(H,37,42)(H,38,43)(H,40,41)/t22-,25?,26+/m1/s1. The topological polar surface area (TPSA) is 175 Å². The van der Waals surface area contributed by atoms with Crippen molar-refractivity contribution in [3.63, 3.8) is 0 Å². The van der Waals surface area contributed by atoms with Crippen LogP contribution in [0, 0.1) is 0 Å². The Morgan fingerprint density at radius 2 is 1.54 bits per heavy atom. The van der Waals surface area contributed by atoms with E-state index in [0.717, 1.165) is 23.8 Å². The molecule has 0 radical (unpaired) electrons. The number of nitrogens with zero attached hydrogens (tertiary/aromatic N) is 1. The lowest BCUT2D eigenvalue weighted by atomic mass is 9.78. The quantitative estimate of drug-likeness (QED) is 0.215. The minimum atomic E-state index is -4.72. The van der Waals surface area contributed by atoms with E-state index in [4.69, 9.17) is 9.31 Å². The normalized spacial score (nSPS) is 19.1. The molecule has 0 spiro atoms. The number of amides is 3. The molecule has 6 rings (SSSR count). The molecular formula is C31H28B2F3N3O9. The van der Waals surface area contributed by atoms with Crippen LogP contribution in [0.3, 0.4) is 0 Å². The second kappa shape index (κ2) is 13.1. The average Bonchev–Trinajstić information content (AvgIpc) is 3.76. The summed E-state index contributed by atoms with van der Waals surface area (Å²) in [7, 11) is -2.44. The fraction of sp³-hybridized carbons (Fsp3) is 0.290. The summed E-state index contributed by atoms with van der Waals surface area (Å²) in [5.41, 5.74) is 1.37. The zero-order valence-corrected chi connectivity index (χ0v) is 25.1. The van der Waals surface area contributed by atoms with Crippen LogP contribution in [0.25, 0.3) is 0 Å². The Bertz CT molecular complexity index is 1790. The van der Waals surface area contributed by atoms with E-state index in [-0.39, 0.29) is 42.9 Å². The molecule has 3 heterocycles. The molecule has 0 aliphatic carbocycles. The maximum atomic E-state index is 13.9. The number of hydrogen-bond donors (Lipinski definition) is 5. The van der Waals surface area contributed by atoms with Gasteiger partial charge in [-0.15, -0.1) is 0 Å². The molecular weight excluding hydrogens is 637 g/mol. The monoisotopic (exact) mass is 665 g/mol. The van der Waals surface area contributed by atoms with Crippen LogP contribution in [-0.4, -0.2) is 76.6 Å². The van der Waals surface area contributed by atoms with Gasteiger partial charge >= 0.3 is 26.4 Å². The number of hydrogen-bond acceptors (Lipinski definition) is 8. The van der Waals surface area contributed by atoms with Crippen molar-refractivity contribution in [2.24, 2.45) is 0 Å². The van der Waals surface area contributed by atoms with Crippen molar-refractivity contribution in [1.82, 2.24) is 15.5 Å². The first-order valence-corrected chi connectivity index (χ1v) is 14.9. The summed E-state index contributed by atoms with van der Waals surface area (Å²) in [4.78, 5) is 53.8. The number of rotatable bonds is 8. The van der Waals surface area contributed by atoms with Crippen molar-refractivity contribution >= 4 is 48.9 Å². The molecule has 1 unspecified atom stereocenters. The molecule has 1 saturated heterocycles. The zero-order valence-electron chi connectivity index (χ0n) is 25.1.